The predicted octanol–water partition coefficient (Wildman–Crippen LogP) is 2.09. The summed E-state index contributed by atoms with van der Waals surface area (Å²) in [7, 11) is 0. The molecule has 0 radical (unpaired) electrons. The maximum atomic E-state index is 11.3. The fraction of sp³-hybridized carbons (Fsp3) is 0.100. The molecule has 0 atom stereocenters. The molecule has 94 valence electrons. The summed E-state index contributed by atoms with van der Waals surface area (Å²) in [5, 5.41) is 8.02. The lowest BCUT2D eigenvalue weighted by Crippen LogP contribution is -2.12. The molecule has 0 saturated heterocycles. The minimum absolute atomic E-state index is 0.404. The Morgan fingerprint density at radius 1 is 1.33 bits per heavy atom. The first-order valence-corrected chi connectivity index (χ1v) is 7.71. The number of carbonyl (C=O) groups is 1. The van der Waals surface area contributed by atoms with E-state index in [0.29, 0.717) is 16.1 Å². The first-order valence-electron chi connectivity index (χ1n) is 4.85. The maximum Gasteiger partial charge on any atom is 0.249 e. The number of primary amides is 1. The Morgan fingerprint density at radius 3 is 2.67 bits per heavy atom. The molecule has 0 fully saturated rings. The highest BCUT2D eigenvalue weighted by atomic mass is 32.2. The Labute approximate surface area is 116 Å². The van der Waals surface area contributed by atoms with Crippen molar-refractivity contribution in [1.82, 2.24) is 10.2 Å². The average Bonchev–Trinajstić information content (AvgIpc) is 2.79. The van der Waals surface area contributed by atoms with Crippen LogP contribution in [0.2, 0.25) is 0 Å². The molecule has 1 heterocycles. The molecule has 18 heavy (non-hydrogen) atoms. The van der Waals surface area contributed by atoms with E-state index in [9.17, 15) is 4.79 Å². The van der Waals surface area contributed by atoms with Crippen molar-refractivity contribution in [3.63, 3.8) is 0 Å². The molecule has 4 N–H and O–H groups in total. The molecule has 1 amide bonds. The second kappa shape index (κ2) is 5.59. The molecule has 0 aliphatic rings. The van der Waals surface area contributed by atoms with Crippen LogP contribution in [0.15, 0.2) is 31.8 Å². The number of nitrogen functional groups attached to an aromatic ring is 1. The van der Waals surface area contributed by atoms with Crippen LogP contribution in [-0.4, -0.2) is 22.4 Å². The lowest BCUT2D eigenvalue weighted by molar-refractivity contribution is 0.0997. The van der Waals surface area contributed by atoms with E-state index >= 15 is 0 Å². The number of amides is 1. The van der Waals surface area contributed by atoms with Gasteiger partial charge in [0.1, 0.15) is 0 Å². The monoisotopic (exact) mass is 298 g/mol. The summed E-state index contributed by atoms with van der Waals surface area (Å²) in [5.41, 5.74) is 12.1. The van der Waals surface area contributed by atoms with E-state index < -0.39 is 5.91 Å². The number of hydrogen-bond donors (Lipinski definition) is 2. The third-order valence-electron chi connectivity index (χ3n) is 2.06. The van der Waals surface area contributed by atoms with Gasteiger partial charge in [0.05, 0.1) is 10.5 Å². The summed E-state index contributed by atoms with van der Waals surface area (Å²) in [6.07, 6.45) is 1.93. The summed E-state index contributed by atoms with van der Waals surface area (Å²) in [6.45, 7) is 0. The standard InChI is InChI=1S/C10H10N4OS3/c1-16-9-13-14-10(18-9)17-7-5(8(12)15)3-2-4-6(7)11/h2-4H,11H2,1H3,(H2,12,15). The van der Waals surface area contributed by atoms with Gasteiger partial charge in [-0.3, -0.25) is 4.79 Å². The highest BCUT2D eigenvalue weighted by Crippen LogP contribution is 2.37. The fourth-order valence-electron chi connectivity index (χ4n) is 1.27. The van der Waals surface area contributed by atoms with Gasteiger partial charge in [0.25, 0.3) is 0 Å². The Balaban J connectivity index is 2.36. The minimum Gasteiger partial charge on any atom is -0.398 e. The summed E-state index contributed by atoms with van der Waals surface area (Å²) in [5.74, 6) is -0.501. The number of hydrogen-bond acceptors (Lipinski definition) is 7. The molecule has 2 aromatic rings. The molecule has 0 saturated carbocycles. The van der Waals surface area contributed by atoms with Crippen molar-refractivity contribution in [3.05, 3.63) is 23.8 Å². The smallest absolute Gasteiger partial charge is 0.249 e. The molecule has 0 unspecified atom stereocenters. The summed E-state index contributed by atoms with van der Waals surface area (Å²) >= 11 is 4.29. The van der Waals surface area contributed by atoms with Crippen molar-refractivity contribution < 1.29 is 4.79 Å². The number of aromatic nitrogens is 2. The van der Waals surface area contributed by atoms with E-state index in [0.717, 1.165) is 8.68 Å². The van der Waals surface area contributed by atoms with Crippen LogP contribution in [0.1, 0.15) is 10.4 Å². The highest BCUT2D eigenvalue weighted by molar-refractivity contribution is 8.03. The van der Waals surface area contributed by atoms with Crippen LogP contribution in [-0.2, 0) is 0 Å². The number of nitrogens with zero attached hydrogens (tertiary/aromatic N) is 2. The summed E-state index contributed by atoms with van der Waals surface area (Å²) in [6, 6.07) is 5.08. The van der Waals surface area contributed by atoms with Gasteiger partial charge in [-0.25, -0.2) is 0 Å². The van der Waals surface area contributed by atoms with Gasteiger partial charge in [0, 0.05) is 5.69 Å². The first kappa shape index (κ1) is 13.2. The van der Waals surface area contributed by atoms with E-state index in [4.69, 9.17) is 11.5 Å². The predicted molar refractivity (Wildman–Crippen MR) is 75.2 cm³/mol. The second-order valence-electron chi connectivity index (χ2n) is 3.23. The summed E-state index contributed by atoms with van der Waals surface area (Å²) < 4.78 is 1.60. The number of anilines is 1. The number of benzene rings is 1. The topological polar surface area (TPSA) is 94.9 Å². The number of carbonyl (C=O) groups excluding carboxylic acids is 1. The van der Waals surface area contributed by atoms with Gasteiger partial charge in [-0.2, -0.15) is 0 Å². The van der Waals surface area contributed by atoms with Crippen LogP contribution in [0.25, 0.3) is 0 Å². The Kier molecular flexibility index (Phi) is 4.10. The SMILES string of the molecule is CSc1nnc(Sc2c(N)cccc2C(N)=O)s1. The zero-order valence-corrected chi connectivity index (χ0v) is 11.9. The fourth-order valence-corrected chi connectivity index (χ4v) is 3.81. The van der Waals surface area contributed by atoms with Gasteiger partial charge < -0.3 is 11.5 Å². The maximum absolute atomic E-state index is 11.3. The molecule has 1 aromatic carbocycles. The van der Waals surface area contributed by atoms with Crippen LogP contribution in [0.5, 0.6) is 0 Å². The third-order valence-corrected chi connectivity index (χ3v) is 5.17. The van der Waals surface area contributed by atoms with Crippen LogP contribution >= 0.6 is 34.9 Å². The van der Waals surface area contributed by atoms with Crippen molar-refractivity contribution in [2.75, 3.05) is 12.0 Å². The van der Waals surface area contributed by atoms with Gasteiger partial charge in [-0.1, -0.05) is 40.9 Å². The van der Waals surface area contributed by atoms with E-state index in [-0.39, 0.29) is 0 Å². The molecular formula is C10H10N4OS3. The van der Waals surface area contributed by atoms with Crippen LogP contribution in [0.4, 0.5) is 5.69 Å². The molecule has 1 aromatic heterocycles. The van der Waals surface area contributed by atoms with E-state index in [1.807, 2.05) is 6.26 Å². The van der Waals surface area contributed by atoms with Crippen molar-refractivity contribution >= 4 is 46.5 Å². The van der Waals surface area contributed by atoms with Crippen molar-refractivity contribution in [3.8, 4) is 0 Å². The van der Waals surface area contributed by atoms with Crippen LogP contribution in [0, 0.1) is 0 Å². The molecular weight excluding hydrogens is 288 g/mol. The quantitative estimate of drug-likeness (QED) is 0.663. The highest BCUT2D eigenvalue weighted by Gasteiger charge is 2.14. The summed E-state index contributed by atoms with van der Waals surface area (Å²) in [4.78, 5) is 12.0. The zero-order chi connectivity index (χ0) is 13.1. The molecule has 0 bridgehead atoms. The molecule has 0 aliphatic carbocycles. The molecule has 0 spiro atoms. The zero-order valence-electron chi connectivity index (χ0n) is 9.41. The molecule has 0 aliphatic heterocycles. The molecule has 8 heteroatoms. The number of rotatable bonds is 4. The van der Waals surface area contributed by atoms with Gasteiger partial charge in [-0.15, -0.1) is 10.2 Å². The van der Waals surface area contributed by atoms with Gasteiger partial charge >= 0.3 is 0 Å². The van der Waals surface area contributed by atoms with Gasteiger partial charge in [0.15, 0.2) is 8.68 Å². The Hall–Kier alpha value is -1.25. The van der Waals surface area contributed by atoms with Crippen molar-refractivity contribution in [1.29, 1.82) is 0 Å². The first-order chi connectivity index (χ1) is 8.61. The largest absolute Gasteiger partial charge is 0.398 e. The Morgan fingerprint density at radius 2 is 2.06 bits per heavy atom. The van der Waals surface area contributed by atoms with E-state index in [1.54, 1.807) is 18.2 Å². The number of nitrogens with two attached hydrogens (primary N) is 2. The van der Waals surface area contributed by atoms with Gasteiger partial charge in [-0.05, 0) is 18.4 Å². The normalized spacial score (nSPS) is 10.5. The lowest BCUT2D eigenvalue weighted by atomic mass is 10.2. The Bertz CT molecular complexity index is 584. The molecule has 5 nitrogen and oxygen atoms in total. The minimum atomic E-state index is -0.501. The van der Waals surface area contributed by atoms with Gasteiger partial charge in [0.2, 0.25) is 5.91 Å². The lowest BCUT2D eigenvalue weighted by Gasteiger charge is -2.06. The second-order valence-corrected chi connectivity index (χ2v) is 6.52. The third kappa shape index (κ3) is 2.77. The van der Waals surface area contributed by atoms with Crippen LogP contribution in [0.3, 0.4) is 0 Å². The number of thioether (sulfide) groups is 1. The van der Waals surface area contributed by atoms with Crippen molar-refractivity contribution in [2.45, 2.75) is 13.6 Å². The van der Waals surface area contributed by atoms with Crippen molar-refractivity contribution in [2.24, 2.45) is 5.73 Å². The van der Waals surface area contributed by atoms with E-state index in [2.05, 4.69) is 10.2 Å². The van der Waals surface area contributed by atoms with E-state index in [1.165, 1.54) is 34.9 Å². The molecule has 2 rings (SSSR count). The average molecular weight is 298 g/mol. The van der Waals surface area contributed by atoms with Crippen LogP contribution < -0.4 is 11.5 Å².